The first kappa shape index (κ1) is 20.2. The van der Waals surface area contributed by atoms with E-state index in [-0.39, 0.29) is 0 Å². The van der Waals surface area contributed by atoms with Gasteiger partial charge in [0.25, 0.3) is 0 Å². The van der Waals surface area contributed by atoms with E-state index in [0.29, 0.717) is 23.2 Å². The summed E-state index contributed by atoms with van der Waals surface area (Å²) in [6, 6.07) is 8.18. The topological polar surface area (TPSA) is 72.5 Å². The number of ether oxygens (including phenoxy) is 3. The first-order chi connectivity index (χ1) is 14.7. The largest absolute Gasteiger partial charge is 0.493 e. The Morgan fingerprint density at radius 3 is 2.27 bits per heavy atom. The number of piperidine rings is 1. The van der Waals surface area contributed by atoms with E-state index in [1.54, 1.807) is 21.3 Å². The number of pyridine rings is 1. The van der Waals surface area contributed by atoms with Crippen LogP contribution in [0.2, 0.25) is 0 Å². The molecule has 1 saturated heterocycles. The van der Waals surface area contributed by atoms with Crippen molar-refractivity contribution < 1.29 is 14.2 Å². The summed E-state index contributed by atoms with van der Waals surface area (Å²) in [6.07, 6.45) is 7.99. The van der Waals surface area contributed by atoms with Crippen molar-refractivity contribution in [1.82, 2.24) is 20.1 Å². The zero-order valence-corrected chi connectivity index (χ0v) is 17.7. The molecule has 0 atom stereocenters. The Bertz CT molecular complexity index is 941. The third kappa shape index (κ3) is 4.11. The number of benzene rings is 1. The fourth-order valence-corrected chi connectivity index (χ4v) is 4.21. The van der Waals surface area contributed by atoms with Gasteiger partial charge in [-0.3, -0.25) is 15.0 Å². The highest BCUT2D eigenvalue weighted by molar-refractivity contribution is 5.70. The van der Waals surface area contributed by atoms with Crippen molar-refractivity contribution in [3.05, 3.63) is 54.0 Å². The van der Waals surface area contributed by atoms with Gasteiger partial charge < -0.3 is 14.2 Å². The molecule has 1 N–H and O–H groups in total. The molecular formula is C23H28N4O3. The minimum Gasteiger partial charge on any atom is -0.493 e. The third-order valence-corrected chi connectivity index (χ3v) is 5.83. The molecule has 158 valence electrons. The fourth-order valence-electron chi connectivity index (χ4n) is 4.21. The van der Waals surface area contributed by atoms with Crippen LogP contribution in [0, 0.1) is 0 Å². The second kappa shape index (κ2) is 9.17. The van der Waals surface area contributed by atoms with Crippen molar-refractivity contribution in [2.75, 3.05) is 34.4 Å². The van der Waals surface area contributed by atoms with Crippen LogP contribution in [0.4, 0.5) is 0 Å². The maximum absolute atomic E-state index is 5.51. The van der Waals surface area contributed by atoms with E-state index < -0.39 is 0 Å². The second-order valence-corrected chi connectivity index (χ2v) is 7.52. The molecule has 1 aliphatic heterocycles. The van der Waals surface area contributed by atoms with E-state index in [9.17, 15) is 0 Å². The number of likely N-dealkylation sites (tertiary alicyclic amines) is 1. The molecule has 1 fully saturated rings. The summed E-state index contributed by atoms with van der Waals surface area (Å²) in [6.45, 7) is 2.98. The van der Waals surface area contributed by atoms with Crippen LogP contribution >= 0.6 is 0 Å². The molecule has 0 unspecified atom stereocenters. The zero-order chi connectivity index (χ0) is 20.9. The minimum atomic E-state index is 0.586. The van der Waals surface area contributed by atoms with Gasteiger partial charge in [-0.1, -0.05) is 0 Å². The van der Waals surface area contributed by atoms with Gasteiger partial charge in [0, 0.05) is 30.1 Å². The number of aromatic amines is 1. The molecule has 0 amide bonds. The van der Waals surface area contributed by atoms with Gasteiger partial charge in [0.1, 0.15) is 0 Å². The van der Waals surface area contributed by atoms with E-state index in [1.807, 2.05) is 30.7 Å². The molecule has 3 heterocycles. The average Bonchev–Trinajstić information content (AvgIpc) is 3.27. The smallest absolute Gasteiger partial charge is 0.203 e. The summed E-state index contributed by atoms with van der Waals surface area (Å²) >= 11 is 0. The summed E-state index contributed by atoms with van der Waals surface area (Å²) in [5.74, 6) is 2.46. The Morgan fingerprint density at radius 2 is 1.67 bits per heavy atom. The molecule has 2 aromatic heterocycles. The van der Waals surface area contributed by atoms with Crippen molar-refractivity contribution in [3.63, 3.8) is 0 Å². The molecule has 0 radical (unpaired) electrons. The molecule has 0 bridgehead atoms. The van der Waals surface area contributed by atoms with E-state index in [1.165, 1.54) is 5.56 Å². The lowest BCUT2D eigenvalue weighted by atomic mass is 9.90. The van der Waals surface area contributed by atoms with E-state index in [0.717, 1.165) is 49.3 Å². The van der Waals surface area contributed by atoms with Gasteiger partial charge in [-0.05, 0) is 61.7 Å². The monoisotopic (exact) mass is 408 g/mol. The SMILES string of the molecule is COc1cc(-c2[nH]ncc2CN2CCC(c3ccncc3)CC2)cc(OC)c1OC. The van der Waals surface area contributed by atoms with Crippen LogP contribution < -0.4 is 14.2 Å². The normalized spacial score (nSPS) is 15.2. The predicted molar refractivity (Wildman–Crippen MR) is 115 cm³/mol. The Hall–Kier alpha value is -3.06. The summed E-state index contributed by atoms with van der Waals surface area (Å²) in [5.41, 5.74) is 4.49. The van der Waals surface area contributed by atoms with Crippen LogP contribution in [0.3, 0.4) is 0 Å². The first-order valence-corrected chi connectivity index (χ1v) is 10.2. The van der Waals surface area contributed by atoms with Crippen molar-refractivity contribution in [3.8, 4) is 28.5 Å². The van der Waals surface area contributed by atoms with Crippen molar-refractivity contribution >= 4 is 0 Å². The zero-order valence-electron chi connectivity index (χ0n) is 17.7. The predicted octanol–water partition coefficient (Wildman–Crippen LogP) is 3.88. The average molecular weight is 409 g/mol. The van der Waals surface area contributed by atoms with Gasteiger partial charge in [-0.25, -0.2) is 0 Å². The lowest BCUT2D eigenvalue weighted by Gasteiger charge is -2.32. The molecule has 7 nitrogen and oxygen atoms in total. The highest BCUT2D eigenvalue weighted by Crippen LogP contribution is 2.41. The van der Waals surface area contributed by atoms with Crippen LogP contribution in [-0.2, 0) is 6.54 Å². The Labute approximate surface area is 177 Å². The molecule has 1 aromatic carbocycles. The third-order valence-electron chi connectivity index (χ3n) is 5.83. The summed E-state index contributed by atoms with van der Waals surface area (Å²) in [4.78, 5) is 6.62. The van der Waals surface area contributed by atoms with Gasteiger partial charge >= 0.3 is 0 Å². The van der Waals surface area contributed by atoms with E-state index in [2.05, 4.69) is 32.2 Å². The molecule has 0 saturated carbocycles. The number of rotatable bonds is 7. The van der Waals surface area contributed by atoms with Crippen LogP contribution in [0.5, 0.6) is 17.2 Å². The first-order valence-electron chi connectivity index (χ1n) is 10.2. The van der Waals surface area contributed by atoms with Crippen molar-refractivity contribution in [2.45, 2.75) is 25.3 Å². The summed E-state index contributed by atoms with van der Waals surface area (Å²) < 4.78 is 16.5. The van der Waals surface area contributed by atoms with Crippen LogP contribution in [0.15, 0.2) is 42.9 Å². The Balaban J connectivity index is 1.49. The number of aromatic nitrogens is 3. The molecule has 0 spiro atoms. The van der Waals surface area contributed by atoms with E-state index in [4.69, 9.17) is 14.2 Å². The molecule has 1 aliphatic rings. The molecule has 30 heavy (non-hydrogen) atoms. The standard InChI is InChI=1S/C23H28N4O3/c1-28-20-12-18(13-21(29-2)23(20)30-3)22-19(14-25-26-22)15-27-10-6-17(7-11-27)16-4-8-24-9-5-16/h4-5,8-9,12-14,17H,6-7,10-11,15H2,1-3H3,(H,25,26). The number of H-pyrrole nitrogens is 1. The number of nitrogens with one attached hydrogen (secondary N) is 1. The van der Waals surface area contributed by atoms with Gasteiger partial charge in [0.2, 0.25) is 5.75 Å². The molecular weight excluding hydrogens is 380 g/mol. The second-order valence-electron chi connectivity index (χ2n) is 7.52. The fraction of sp³-hybridized carbons (Fsp3) is 0.391. The van der Waals surface area contributed by atoms with Crippen LogP contribution in [0.25, 0.3) is 11.3 Å². The molecule has 4 rings (SSSR count). The number of methoxy groups -OCH3 is 3. The van der Waals surface area contributed by atoms with Gasteiger partial charge in [0.05, 0.1) is 33.2 Å². The molecule has 7 heteroatoms. The number of hydrogen-bond acceptors (Lipinski definition) is 6. The van der Waals surface area contributed by atoms with Gasteiger partial charge in [-0.2, -0.15) is 5.10 Å². The van der Waals surface area contributed by atoms with Gasteiger partial charge in [0.15, 0.2) is 11.5 Å². The van der Waals surface area contributed by atoms with Crippen molar-refractivity contribution in [2.24, 2.45) is 0 Å². The quantitative estimate of drug-likeness (QED) is 0.640. The van der Waals surface area contributed by atoms with Gasteiger partial charge in [-0.15, -0.1) is 0 Å². The highest BCUT2D eigenvalue weighted by Gasteiger charge is 2.23. The number of nitrogens with zero attached hydrogens (tertiary/aromatic N) is 3. The highest BCUT2D eigenvalue weighted by atomic mass is 16.5. The summed E-state index contributed by atoms with van der Waals surface area (Å²) in [7, 11) is 4.86. The molecule has 0 aliphatic carbocycles. The van der Waals surface area contributed by atoms with Crippen LogP contribution in [-0.4, -0.2) is 54.5 Å². The number of hydrogen-bond donors (Lipinski definition) is 1. The lowest BCUT2D eigenvalue weighted by Crippen LogP contribution is -2.32. The van der Waals surface area contributed by atoms with Crippen LogP contribution in [0.1, 0.15) is 29.9 Å². The minimum absolute atomic E-state index is 0.586. The lowest BCUT2D eigenvalue weighted by molar-refractivity contribution is 0.205. The maximum atomic E-state index is 5.51. The summed E-state index contributed by atoms with van der Waals surface area (Å²) in [5, 5.41) is 7.46. The Morgan fingerprint density at radius 1 is 1.00 bits per heavy atom. The maximum Gasteiger partial charge on any atom is 0.203 e. The Kier molecular flexibility index (Phi) is 6.18. The van der Waals surface area contributed by atoms with Crippen molar-refractivity contribution in [1.29, 1.82) is 0 Å². The van der Waals surface area contributed by atoms with E-state index >= 15 is 0 Å². The molecule has 3 aromatic rings.